The van der Waals surface area contributed by atoms with Crippen molar-refractivity contribution in [1.82, 2.24) is 25.0 Å². The Kier molecular flexibility index (Phi) is 5.97. The Morgan fingerprint density at radius 1 is 1.26 bits per heavy atom. The summed E-state index contributed by atoms with van der Waals surface area (Å²) in [6, 6.07) is 3.84. The summed E-state index contributed by atoms with van der Waals surface area (Å²) in [7, 11) is 3.85. The largest absolute Gasteiger partial charge is 0.361 e. The summed E-state index contributed by atoms with van der Waals surface area (Å²) in [6.45, 7) is 4.55. The maximum atomic E-state index is 13.2. The average molecular weight is 421 g/mol. The van der Waals surface area contributed by atoms with Crippen molar-refractivity contribution in [2.24, 2.45) is 0 Å². The molecule has 8 nitrogen and oxygen atoms in total. The molecule has 4 heterocycles. The Morgan fingerprint density at radius 3 is 2.71 bits per heavy atom. The van der Waals surface area contributed by atoms with E-state index in [4.69, 9.17) is 9.51 Å². The van der Waals surface area contributed by atoms with Crippen LogP contribution < -0.4 is 4.90 Å². The van der Waals surface area contributed by atoms with Gasteiger partial charge in [-0.05, 0) is 50.8 Å². The molecule has 1 aliphatic rings. The van der Waals surface area contributed by atoms with Crippen LogP contribution in [0.4, 0.5) is 5.95 Å². The molecule has 31 heavy (non-hydrogen) atoms. The van der Waals surface area contributed by atoms with E-state index in [1.807, 2.05) is 56.1 Å². The zero-order valence-electron chi connectivity index (χ0n) is 18.5. The lowest BCUT2D eigenvalue weighted by Crippen LogP contribution is -2.32. The van der Waals surface area contributed by atoms with E-state index in [9.17, 15) is 4.79 Å². The first kappa shape index (κ1) is 21.0. The molecule has 162 valence electrons. The van der Waals surface area contributed by atoms with E-state index in [2.05, 4.69) is 15.1 Å². The minimum absolute atomic E-state index is 0.0676. The van der Waals surface area contributed by atoms with E-state index < -0.39 is 0 Å². The summed E-state index contributed by atoms with van der Waals surface area (Å²) in [4.78, 5) is 30.6. The number of aromatic nitrogens is 4. The molecule has 1 unspecified atom stereocenters. The summed E-state index contributed by atoms with van der Waals surface area (Å²) in [6.07, 6.45) is 8.29. The standard InChI is InChI=1S/C23H28N6O2/c1-15-18(16(2)31-27-15)7-8-21(30)29-13-5-6-20(29)22-19(17-9-11-24-12-10-17)14-25-23(26-22)28(3)4/h9-12,14,20H,5-8,13H2,1-4H3. The van der Waals surface area contributed by atoms with Gasteiger partial charge in [-0.15, -0.1) is 0 Å². The summed E-state index contributed by atoms with van der Waals surface area (Å²) in [5.41, 5.74) is 4.73. The quantitative estimate of drug-likeness (QED) is 0.603. The minimum atomic E-state index is -0.0676. The van der Waals surface area contributed by atoms with Crippen LogP contribution in [-0.4, -0.2) is 51.6 Å². The molecule has 4 rings (SSSR count). The molecule has 1 fully saturated rings. The first-order valence-corrected chi connectivity index (χ1v) is 10.6. The smallest absolute Gasteiger partial charge is 0.225 e. The van der Waals surface area contributed by atoms with Gasteiger partial charge in [0.2, 0.25) is 11.9 Å². The van der Waals surface area contributed by atoms with E-state index in [1.165, 1.54) is 0 Å². The SMILES string of the molecule is Cc1noc(C)c1CCC(=O)N1CCCC1c1nc(N(C)C)ncc1-c1ccncc1. The molecular weight excluding hydrogens is 392 g/mol. The molecule has 0 saturated carbocycles. The highest BCUT2D eigenvalue weighted by Crippen LogP contribution is 2.37. The second-order valence-corrected chi connectivity index (χ2v) is 8.15. The van der Waals surface area contributed by atoms with Crippen molar-refractivity contribution in [3.63, 3.8) is 0 Å². The number of anilines is 1. The third-order valence-electron chi connectivity index (χ3n) is 5.86. The Hall–Kier alpha value is -3.29. The van der Waals surface area contributed by atoms with Crippen molar-refractivity contribution in [2.75, 3.05) is 25.5 Å². The second-order valence-electron chi connectivity index (χ2n) is 8.15. The van der Waals surface area contributed by atoms with Crippen LogP contribution in [0.1, 0.15) is 48.0 Å². The minimum Gasteiger partial charge on any atom is -0.361 e. The number of amides is 1. The topological polar surface area (TPSA) is 88.3 Å². The highest BCUT2D eigenvalue weighted by atomic mass is 16.5. The van der Waals surface area contributed by atoms with Crippen molar-refractivity contribution in [3.8, 4) is 11.1 Å². The molecule has 1 amide bonds. The average Bonchev–Trinajstić information content (AvgIpc) is 3.39. The van der Waals surface area contributed by atoms with Crippen molar-refractivity contribution in [2.45, 2.75) is 45.6 Å². The zero-order chi connectivity index (χ0) is 22.0. The molecule has 1 saturated heterocycles. The lowest BCUT2D eigenvalue weighted by molar-refractivity contribution is -0.132. The van der Waals surface area contributed by atoms with Gasteiger partial charge < -0.3 is 14.3 Å². The fourth-order valence-corrected chi connectivity index (χ4v) is 4.19. The van der Waals surface area contributed by atoms with Crippen molar-refractivity contribution in [1.29, 1.82) is 0 Å². The second kappa shape index (κ2) is 8.83. The first-order chi connectivity index (χ1) is 15.0. The maximum Gasteiger partial charge on any atom is 0.225 e. The predicted octanol–water partition coefficient (Wildman–Crippen LogP) is 3.51. The van der Waals surface area contributed by atoms with E-state index in [-0.39, 0.29) is 11.9 Å². The monoisotopic (exact) mass is 420 g/mol. The van der Waals surface area contributed by atoms with Crippen LogP contribution in [0.5, 0.6) is 0 Å². The molecule has 3 aromatic heterocycles. The molecule has 0 aromatic carbocycles. The van der Waals surface area contributed by atoms with Crippen LogP contribution in [0.2, 0.25) is 0 Å². The summed E-state index contributed by atoms with van der Waals surface area (Å²) < 4.78 is 5.24. The van der Waals surface area contributed by atoms with Crippen molar-refractivity contribution in [3.05, 3.63) is 53.4 Å². The van der Waals surface area contributed by atoms with Crippen LogP contribution >= 0.6 is 0 Å². The van der Waals surface area contributed by atoms with Gasteiger partial charge in [0.15, 0.2) is 0 Å². The molecule has 0 aliphatic carbocycles. The lowest BCUT2D eigenvalue weighted by atomic mass is 10.00. The van der Waals surface area contributed by atoms with Crippen molar-refractivity contribution >= 4 is 11.9 Å². The summed E-state index contributed by atoms with van der Waals surface area (Å²) in [5, 5.41) is 4.00. The zero-order valence-corrected chi connectivity index (χ0v) is 18.5. The highest BCUT2D eigenvalue weighted by Gasteiger charge is 2.33. The third kappa shape index (κ3) is 4.28. The fourth-order valence-electron chi connectivity index (χ4n) is 4.19. The van der Waals surface area contributed by atoms with Crippen LogP contribution in [0, 0.1) is 13.8 Å². The lowest BCUT2D eigenvalue weighted by Gasteiger charge is -2.27. The van der Waals surface area contributed by atoms with Crippen LogP contribution in [-0.2, 0) is 11.2 Å². The number of carbonyl (C=O) groups is 1. The van der Waals surface area contributed by atoms with Crippen molar-refractivity contribution < 1.29 is 9.32 Å². The summed E-state index contributed by atoms with van der Waals surface area (Å²) in [5.74, 6) is 1.56. The van der Waals surface area contributed by atoms with Gasteiger partial charge in [0, 0.05) is 56.8 Å². The van der Waals surface area contributed by atoms with Gasteiger partial charge in [-0.2, -0.15) is 0 Å². The van der Waals surface area contributed by atoms with Gasteiger partial charge in [-0.3, -0.25) is 9.78 Å². The maximum absolute atomic E-state index is 13.2. The molecule has 0 N–H and O–H groups in total. The Balaban J connectivity index is 1.63. The Labute approximate surface area is 182 Å². The predicted molar refractivity (Wildman–Crippen MR) is 118 cm³/mol. The molecule has 8 heteroatoms. The number of rotatable bonds is 6. The van der Waals surface area contributed by atoms with E-state index in [0.29, 0.717) is 18.8 Å². The van der Waals surface area contributed by atoms with E-state index in [0.717, 1.165) is 53.2 Å². The summed E-state index contributed by atoms with van der Waals surface area (Å²) >= 11 is 0. The van der Waals surface area contributed by atoms with E-state index >= 15 is 0 Å². The van der Waals surface area contributed by atoms with Gasteiger partial charge in [0.1, 0.15) is 5.76 Å². The molecule has 0 bridgehead atoms. The van der Waals surface area contributed by atoms with Gasteiger partial charge >= 0.3 is 0 Å². The molecular formula is C23H28N6O2. The fraction of sp³-hybridized carbons (Fsp3) is 0.435. The van der Waals surface area contributed by atoms with Gasteiger partial charge in [-0.1, -0.05) is 5.16 Å². The number of hydrogen-bond acceptors (Lipinski definition) is 7. The highest BCUT2D eigenvalue weighted by molar-refractivity contribution is 5.78. The third-order valence-corrected chi connectivity index (χ3v) is 5.86. The van der Waals surface area contributed by atoms with Crippen LogP contribution in [0.3, 0.4) is 0 Å². The Morgan fingerprint density at radius 2 is 2.03 bits per heavy atom. The normalized spacial score (nSPS) is 16.0. The van der Waals surface area contributed by atoms with Gasteiger partial charge in [0.05, 0.1) is 17.4 Å². The number of carbonyl (C=O) groups excluding carboxylic acids is 1. The number of nitrogens with zero attached hydrogens (tertiary/aromatic N) is 6. The number of aryl methyl sites for hydroxylation is 2. The van der Waals surface area contributed by atoms with E-state index in [1.54, 1.807) is 12.4 Å². The van der Waals surface area contributed by atoms with Gasteiger partial charge in [0.25, 0.3) is 0 Å². The van der Waals surface area contributed by atoms with Crippen LogP contribution in [0.25, 0.3) is 11.1 Å². The molecule has 0 radical (unpaired) electrons. The number of hydrogen-bond donors (Lipinski definition) is 0. The first-order valence-electron chi connectivity index (χ1n) is 10.6. The number of likely N-dealkylation sites (tertiary alicyclic amines) is 1. The molecule has 0 spiro atoms. The molecule has 3 aromatic rings. The number of pyridine rings is 1. The van der Waals surface area contributed by atoms with Gasteiger partial charge in [-0.25, -0.2) is 9.97 Å². The van der Waals surface area contributed by atoms with Crippen LogP contribution in [0.15, 0.2) is 35.2 Å². The molecule has 1 atom stereocenters. The Bertz CT molecular complexity index is 1040. The molecule has 1 aliphatic heterocycles.